The third kappa shape index (κ3) is 5.40. The van der Waals surface area contributed by atoms with Crippen LogP contribution in [0.4, 0.5) is 4.79 Å². The molecule has 0 bridgehead atoms. The Balaban J connectivity index is 4.17. The molecule has 14 heavy (non-hydrogen) atoms. The summed E-state index contributed by atoms with van der Waals surface area (Å²) in [6, 6.07) is -0.292. The Morgan fingerprint density at radius 2 is 2.00 bits per heavy atom. The molecule has 0 atom stereocenters. The third-order valence-corrected chi connectivity index (χ3v) is 1.52. The van der Waals surface area contributed by atoms with Crippen molar-refractivity contribution in [2.24, 2.45) is 0 Å². The fourth-order valence-corrected chi connectivity index (χ4v) is 1.02. The van der Waals surface area contributed by atoms with E-state index in [9.17, 15) is 9.59 Å². The van der Waals surface area contributed by atoms with Crippen molar-refractivity contribution >= 4 is 12.0 Å². The molecule has 0 aromatic carbocycles. The highest BCUT2D eigenvalue weighted by molar-refractivity contribution is 5.80. The van der Waals surface area contributed by atoms with Crippen LogP contribution in [0, 0.1) is 0 Å². The molecule has 0 rings (SSSR count). The van der Waals surface area contributed by atoms with Gasteiger partial charge in [0.05, 0.1) is 0 Å². The number of aliphatic carboxylic acids is 1. The van der Waals surface area contributed by atoms with Crippen LogP contribution in [0.2, 0.25) is 0 Å². The summed E-state index contributed by atoms with van der Waals surface area (Å²) in [4.78, 5) is 23.2. The van der Waals surface area contributed by atoms with Crippen molar-refractivity contribution in [2.45, 2.75) is 33.2 Å². The van der Waals surface area contributed by atoms with Crippen molar-refractivity contribution in [3.8, 4) is 0 Å². The molecule has 0 aliphatic rings. The van der Waals surface area contributed by atoms with Gasteiger partial charge >= 0.3 is 12.0 Å². The first kappa shape index (κ1) is 12.7. The molecule has 0 heterocycles. The molecule has 2 N–H and O–H groups in total. The SMILES string of the molecule is CCCN(CC(=O)O)C(=O)NC(C)C. The second kappa shape index (κ2) is 6.23. The fraction of sp³-hybridized carbons (Fsp3) is 0.778. The zero-order chi connectivity index (χ0) is 11.1. The van der Waals surface area contributed by atoms with Crippen molar-refractivity contribution in [1.82, 2.24) is 10.2 Å². The summed E-state index contributed by atoms with van der Waals surface area (Å²) in [6.45, 7) is 5.79. The van der Waals surface area contributed by atoms with Gasteiger partial charge in [0.2, 0.25) is 0 Å². The Kier molecular flexibility index (Phi) is 5.67. The van der Waals surface area contributed by atoms with Crippen LogP contribution >= 0.6 is 0 Å². The minimum Gasteiger partial charge on any atom is -0.480 e. The molecule has 0 aromatic rings. The van der Waals surface area contributed by atoms with Gasteiger partial charge in [0.1, 0.15) is 6.54 Å². The molecular weight excluding hydrogens is 184 g/mol. The van der Waals surface area contributed by atoms with Gasteiger partial charge in [0, 0.05) is 12.6 Å². The fourth-order valence-electron chi connectivity index (χ4n) is 1.02. The van der Waals surface area contributed by atoms with E-state index in [4.69, 9.17) is 5.11 Å². The molecule has 5 nitrogen and oxygen atoms in total. The number of hydrogen-bond donors (Lipinski definition) is 2. The Bertz CT molecular complexity index is 204. The van der Waals surface area contributed by atoms with Crippen molar-refractivity contribution in [1.29, 1.82) is 0 Å². The average Bonchev–Trinajstić information content (AvgIpc) is 2.01. The van der Waals surface area contributed by atoms with Crippen molar-refractivity contribution < 1.29 is 14.7 Å². The third-order valence-electron chi connectivity index (χ3n) is 1.52. The molecule has 0 aliphatic carbocycles. The van der Waals surface area contributed by atoms with Gasteiger partial charge in [-0.3, -0.25) is 4.79 Å². The number of carbonyl (C=O) groups is 2. The highest BCUT2D eigenvalue weighted by Crippen LogP contribution is 1.93. The van der Waals surface area contributed by atoms with Gasteiger partial charge in [-0.2, -0.15) is 0 Å². The van der Waals surface area contributed by atoms with E-state index in [0.29, 0.717) is 6.54 Å². The first-order valence-electron chi connectivity index (χ1n) is 4.74. The van der Waals surface area contributed by atoms with E-state index in [0.717, 1.165) is 6.42 Å². The Hall–Kier alpha value is -1.26. The predicted octanol–water partition coefficient (Wildman–Crippen LogP) is 0.901. The number of carbonyl (C=O) groups excluding carboxylic acids is 1. The molecule has 0 saturated heterocycles. The van der Waals surface area contributed by atoms with Gasteiger partial charge in [-0.25, -0.2) is 4.79 Å². The molecule has 0 spiro atoms. The standard InChI is InChI=1S/C9H18N2O3/c1-4-5-11(6-8(12)13)9(14)10-7(2)3/h7H,4-6H2,1-3H3,(H,10,14)(H,12,13). The largest absolute Gasteiger partial charge is 0.480 e. The minimum atomic E-state index is -0.989. The van der Waals surface area contributed by atoms with Crippen LogP contribution in [0.25, 0.3) is 0 Å². The number of amides is 2. The highest BCUT2D eigenvalue weighted by Gasteiger charge is 2.15. The Morgan fingerprint density at radius 3 is 2.36 bits per heavy atom. The average molecular weight is 202 g/mol. The second-order valence-electron chi connectivity index (χ2n) is 3.42. The lowest BCUT2D eigenvalue weighted by atomic mass is 10.4. The van der Waals surface area contributed by atoms with E-state index in [1.165, 1.54) is 4.90 Å². The quantitative estimate of drug-likeness (QED) is 0.696. The lowest BCUT2D eigenvalue weighted by Crippen LogP contribution is -2.45. The van der Waals surface area contributed by atoms with Crippen LogP contribution in [0.3, 0.4) is 0 Å². The number of nitrogens with zero attached hydrogens (tertiary/aromatic N) is 1. The predicted molar refractivity (Wildman–Crippen MR) is 53.2 cm³/mol. The first-order valence-corrected chi connectivity index (χ1v) is 4.74. The number of hydrogen-bond acceptors (Lipinski definition) is 2. The number of rotatable bonds is 5. The van der Waals surface area contributed by atoms with E-state index < -0.39 is 5.97 Å². The molecular formula is C9H18N2O3. The number of urea groups is 1. The van der Waals surface area contributed by atoms with Gasteiger partial charge in [0.25, 0.3) is 0 Å². The summed E-state index contributed by atoms with van der Waals surface area (Å²) in [7, 11) is 0. The number of carboxylic acids is 1. The molecule has 0 saturated carbocycles. The molecule has 2 amide bonds. The van der Waals surface area contributed by atoms with E-state index >= 15 is 0 Å². The summed E-state index contributed by atoms with van der Waals surface area (Å²) in [5.74, 6) is -0.989. The zero-order valence-corrected chi connectivity index (χ0v) is 8.91. The minimum absolute atomic E-state index is 0.0238. The lowest BCUT2D eigenvalue weighted by Gasteiger charge is -2.21. The monoisotopic (exact) mass is 202 g/mol. The normalized spacial score (nSPS) is 10.0. The van der Waals surface area contributed by atoms with Crippen molar-refractivity contribution in [3.63, 3.8) is 0 Å². The topological polar surface area (TPSA) is 69.6 Å². The Morgan fingerprint density at radius 1 is 1.43 bits per heavy atom. The number of nitrogens with one attached hydrogen (secondary N) is 1. The van der Waals surface area contributed by atoms with E-state index in [2.05, 4.69) is 5.32 Å². The second-order valence-corrected chi connectivity index (χ2v) is 3.42. The molecule has 0 fully saturated rings. The van der Waals surface area contributed by atoms with Crippen LogP contribution in [-0.4, -0.2) is 41.1 Å². The number of carboxylic acid groups (broad SMARTS) is 1. The summed E-state index contributed by atoms with van der Waals surface area (Å²) in [5.41, 5.74) is 0. The van der Waals surface area contributed by atoms with E-state index in [1.807, 2.05) is 20.8 Å². The molecule has 82 valence electrons. The zero-order valence-electron chi connectivity index (χ0n) is 8.91. The van der Waals surface area contributed by atoms with Gasteiger partial charge in [-0.05, 0) is 20.3 Å². The molecule has 0 radical (unpaired) electrons. The van der Waals surface area contributed by atoms with Gasteiger partial charge in [-0.15, -0.1) is 0 Å². The maximum atomic E-state index is 11.4. The summed E-state index contributed by atoms with van der Waals surface area (Å²) < 4.78 is 0. The van der Waals surface area contributed by atoms with E-state index in [1.54, 1.807) is 0 Å². The maximum absolute atomic E-state index is 11.4. The van der Waals surface area contributed by atoms with Crippen molar-refractivity contribution in [2.75, 3.05) is 13.1 Å². The van der Waals surface area contributed by atoms with Gasteiger partial charge in [-0.1, -0.05) is 6.92 Å². The van der Waals surface area contributed by atoms with Crippen LogP contribution < -0.4 is 5.32 Å². The van der Waals surface area contributed by atoms with Gasteiger partial charge < -0.3 is 15.3 Å². The summed E-state index contributed by atoms with van der Waals surface area (Å²) >= 11 is 0. The van der Waals surface area contributed by atoms with E-state index in [-0.39, 0.29) is 18.6 Å². The first-order chi connectivity index (χ1) is 6.47. The lowest BCUT2D eigenvalue weighted by molar-refractivity contribution is -0.137. The van der Waals surface area contributed by atoms with Crippen LogP contribution in [0.5, 0.6) is 0 Å². The van der Waals surface area contributed by atoms with Crippen LogP contribution in [0.1, 0.15) is 27.2 Å². The van der Waals surface area contributed by atoms with Gasteiger partial charge in [0.15, 0.2) is 0 Å². The molecule has 0 unspecified atom stereocenters. The summed E-state index contributed by atoms with van der Waals surface area (Å²) in [6.07, 6.45) is 0.749. The highest BCUT2D eigenvalue weighted by atomic mass is 16.4. The summed E-state index contributed by atoms with van der Waals surface area (Å²) in [5, 5.41) is 11.2. The van der Waals surface area contributed by atoms with Crippen LogP contribution in [0.15, 0.2) is 0 Å². The smallest absolute Gasteiger partial charge is 0.323 e. The maximum Gasteiger partial charge on any atom is 0.323 e. The van der Waals surface area contributed by atoms with Crippen molar-refractivity contribution in [3.05, 3.63) is 0 Å². The molecule has 0 aliphatic heterocycles. The molecule has 5 heteroatoms. The van der Waals surface area contributed by atoms with Crippen LogP contribution in [-0.2, 0) is 4.79 Å². The Labute approximate surface area is 84.1 Å². The molecule has 0 aromatic heterocycles.